The van der Waals surface area contributed by atoms with Crippen molar-refractivity contribution in [3.63, 3.8) is 0 Å². The molecule has 0 spiro atoms. The normalized spacial score (nSPS) is 11.7. The number of halogens is 2. The number of hydrogen-bond acceptors (Lipinski definition) is 3. The first-order chi connectivity index (χ1) is 9.82. The minimum atomic E-state index is -2.93. The maximum atomic E-state index is 12.5. The highest BCUT2D eigenvalue weighted by molar-refractivity contribution is 5.87. The van der Waals surface area contributed by atoms with Gasteiger partial charge in [0.1, 0.15) is 11.4 Å². The van der Waals surface area contributed by atoms with Crippen LogP contribution in [0.2, 0.25) is 0 Å². The van der Waals surface area contributed by atoms with E-state index in [1.807, 2.05) is 20.8 Å². The molecule has 0 saturated heterocycles. The van der Waals surface area contributed by atoms with E-state index in [0.717, 1.165) is 0 Å². The molecule has 0 saturated carbocycles. The molecule has 0 aliphatic carbocycles. The van der Waals surface area contributed by atoms with Gasteiger partial charge in [-0.25, -0.2) is 0 Å². The maximum Gasteiger partial charge on any atom is 0.387 e. The third-order valence-corrected chi connectivity index (χ3v) is 2.92. The predicted molar refractivity (Wildman–Crippen MR) is 74.7 cm³/mol. The van der Waals surface area contributed by atoms with Crippen LogP contribution in [0, 0.1) is 0 Å². The van der Waals surface area contributed by atoms with Crippen LogP contribution in [0.15, 0.2) is 30.5 Å². The first-order valence-electron chi connectivity index (χ1n) is 6.42. The lowest BCUT2D eigenvalue weighted by Gasteiger charge is -2.18. The quantitative estimate of drug-likeness (QED) is 0.807. The molecule has 0 amide bonds. The van der Waals surface area contributed by atoms with E-state index < -0.39 is 6.61 Å². The Morgan fingerprint density at radius 3 is 2.52 bits per heavy atom. The molecule has 0 N–H and O–H groups in total. The minimum Gasteiger partial charge on any atom is -0.434 e. The van der Waals surface area contributed by atoms with Crippen LogP contribution in [0.5, 0.6) is 5.75 Å². The lowest BCUT2D eigenvalue weighted by molar-refractivity contribution is -0.0494. The van der Waals surface area contributed by atoms with Crippen LogP contribution in [-0.2, 0) is 5.54 Å². The summed E-state index contributed by atoms with van der Waals surface area (Å²) in [5, 5.41) is 4.35. The Labute approximate surface area is 121 Å². The number of para-hydroxylation sites is 1. The van der Waals surface area contributed by atoms with E-state index in [9.17, 15) is 13.6 Å². The summed E-state index contributed by atoms with van der Waals surface area (Å²) in [6.07, 6.45) is 2.26. The Hall–Kier alpha value is -2.24. The zero-order valence-corrected chi connectivity index (χ0v) is 12.0. The molecule has 0 atom stereocenters. The van der Waals surface area contributed by atoms with Gasteiger partial charge < -0.3 is 4.74 Å². The van der Waals surface area contributed by atoms with Crippen molar-refractivity contribution in [2.24, 2.45) is 0 Å². The fraction of sp³-hybridized carbons (Fsp3) is 0.333. The molecule has 1 aromatic carbocycles. The molecule has 0 unspecified atom stereocenters. The lowest BCUT2D eigenvalue weighted by Crippen LogP contribution is -2.22. The standard InChI is InChI=1S/C15H16F2N2O2/c1-15(2,3)19-8-10(9-20)13(18-19)11-6-4-5-7-12(11)21-14(16)17/h4-9,14H,1-3H3. The second kappa shape index (κ2) is 5.63. The van der Waals surface area contributed by atoms with Crippen molar-refractivity contribution in [2.45, 2.75) is 32.9 Å². The van der Waals surface area contributed by atoms with Gasteiger partial charge in [0.25, 0.3) is 0 Å². The van der Waals surface area contributed by atoms with Crippen LogP contribution >= 0.6 is 0 Å². The number of alkyl halides is 2. The van der Waals surface area contributed by atoms with Crippen LogP contribution in [-0.4, -0.2) is 22.7 Å². The second-order valence-corrected chi connectivity index (χ2v) is 5.54. The Bertz CT molecular complexity index is 645. The predicted octanol–water partition coefficient (Wildman–Crippen LogP) is 3.72. The van der Waals surface area contributed by atoms with Crippen molar-refractivity contribution in [2.75, 3.05) is 0 Å². The molecule has 21 heavy (non-hydrogen) atoms. The number of ether oxygens (including phenoxy) is 1. The number of aromatic nitrogens is 2. The molecule has 4 nitrogen and oxygen atoms in total. The van der Waals surface area contributed by atoms with Gasteiger partial charge in [-0.2, -0.15) is 13.9 Å². The fourth-order valence-electron chi connectivity index (χ4n) is 1.89. The fourth-order valence-corrected chi connectivity index (χ4v) is 1.89. The number of hydrogen-bond donors (Lipinski definition) is 0. The van der Waals surface area contributed by atoms with E-state index >= 15 is 0 Å². The molecule has 0 aliphatic heterocycles. The Kier molecular flexibility index (Phi) is 4.06. The number of aldehydes is 1. The van der Waals surface area contributed by atoms with Crippen LogP contribution in [0.1, 0.15) is 31.1 Å². The maximum absolute atomic E-state index is 12.5. The van der Waals surface area contributed by atoms with Gasteiger partial charge in [-0.1, -0.05) is 12.1 Å². The van der Waals surface area contributed by atoms with Crippen LogP contribution < -0.4 is 4.74 Å². The number of carbonyl (C=O) groups excluding carboxylic acids is 1. The highest BCUT2D eigenvalue weighted by Gasteiger charge is 2.21. The monoisotopic (exact) mass is 294 g/mol. The molecule has 0 aliphatic rings. The number of rotatable bonds is 4. The Morgan fingerprint density at radius 1 is 1.29 bits per heavy atom. The van der Waals surface area contributed by atoms with Crippen molar-refractivity contribution in [1.29, 1.82) is 0 Å². The number of benzene rings is 1. The highest BCUT2D eigenvalue weighted by Crippen LogP contribution is 2.32. The molecular formula is C15H16F2N2O2. The van der Waals surface area contributed by atoms with Crippen LogP contribution in [0.25, 0.3) is 11.3 Å². The first-order valence-corrected chi connectivity index (χ1v) is 6.42. The van der Waals surface area contributed by atoms with Gasteiger partial charge in [-0.05, 0) is 32.9 Å². The summed E-state index contributed by atoms with van der Waals surface area (Å²) < 4.78 is 31.1. The van der Waals surface area contributed by atoms with Gasteiger partial charge in [0.05, 0.1) is 11.1 Å². The van der Waals surface area contributed by atoms with Gasteiger partial charge >= 0.3 is 6.61 Å². The number of nitrogens with zero attached hydrogens (tertiary/aromatic N) is 2. The second-order valence-electron chi connectivity index (χ2n) is 5.54. The van der Waals surface area contributed by atoms with Gasteiger partial charge in [-0.15, -0.1) is 0 Å². The average Bonchev–Trinajstić information content (AvgIpc) is 2.82. The largest absolute Gasteiger partial charge is 0.434 e. The summed E-state index contributed by atoms with van der Waals surface area (Å²) in [5.74, 6) is -0.00485. The summed E-state index contributed by atoms with van der Waals surface area (Å²) in [6.45, 7) is 2.86. The Balaban J connectivity index is 2.56. The van der Waals surface area contributed by atoms with E-state index in [4.69, 9.17) is 0 Å². The molecule has 2 rings (SSSR count). The van der Waals surface area contributed by atoms with Crippen molar-refractivity contribution in [3.8, 4) is 17.0 Å². The van der Waals surface area contributed by atoms with Gasteiger partial charge in [0.15, 0.2) is 6.29 Å². The van der Waals surface area contributed by atoms with Gasteiger partial charge in [0, 0.05) is 11.8 Å². The summed E-state index contributed by atoms with van der Waals surface area (Å²) in [7, 11) is 0. The SMILES string of the molecule is CC(C)(C)n1cc(C=O)c(-c2ccccc2OC(F)F)n1. The lowest BCUT2D eigenvalue weighted by atomic mass is 10.1. The zero-order valence-electron chi connectivity index (χ0n) is 12.0. The van der Waals surface area contributed by atoms with Crippen LogP contribution in [0.3, 0.4) is 0 Å². The van der Waals surface area contributed by atoms with E-state index in [-0.39, 0.29) is 11.3 Å². The van der Waals surface area contributed by atoms with E-state index in [2.05, 4.69) is 9.84 Å². The molecule has 0 fully saturated rings. The minimum absolute atomic E-state index is 0.00485. The van der Waals surface area contributed by atoms with Crippen molar-refractivity contribution in [3.05, 3.63) is 36.0 Å². The molecule has 0 radical (unpaired) electrons. The molecule has 6 heteroatoms. The Morgan fingerprint density at radius 2 is 1.95 bits per heavy atom. The molecular weight excluding hydrogens is 278 g/mol. The smallest absolute Gasteiger partial charge is 0.387 e. The van der Waals surface area contributed by atoms with Crippen molar-refractivity contribution in [1.82, 2.24) is 9.78 Å². The molecule has 2 aromatic rings. The topological polar surface area (TPSA) is 44.1 Å². The van der Waals surface area contributed by atoms with Crippen molar-refractivity contribution >= 4 is 6.29 Å². The highest BCUT2D eigenvalue weighted by atomic mass is 19.3. The summed E-state index contributed by atoms with van der Waals surface area (Å²) in [5.41, 5.74) is 0.698. The molecule has 1 aromatic heterocycles. The third-order valence-electron chi connectivity index (χ3n) is 2.92. The number of carbonyl (C=O) groups is 1. The molecule has 0 bridgehead atoms. The summed E-state index contributed by atoms with van der Waals surface area (Å²) >= 11 is 0. The molecule has 112 valence electrons. The molecule has 1 heterocycles. The van der Waals surface area contributed by atoms with Crippen molar-refractivity contribution < 1.29 is 18.3 Å². The van der Waals surface area contributed by atoms with Gasteiger partial charge in [0.2, 0.25) is 0 Å². The van der Waals surface area contributed by atoms with Gasteiger partial charge in [-0.3, -0.25) is 9.48 Å². The third kappa shape index (κ3) is 3.26. The van der Waals surface area contributed by atoms with E-state index in [1.54, 1.807) is 29.1 Å². The summed E-state index contributed by atoms with van der Waals surface area (Å²) in [6, 6.07) is 6.28. The summed E-state index contributed by atoms with van der Waals surface area (Å²) in [4.78, 5) is 11.2. The zero-order chi connectivity index (χ0) is 15.6. The first kappa shape index (κ1) is 15.2. The van der Waals surface area contributed by atoms with E-state index in [1.165, 1.54) is 6.07 Å². The van der Waals surface area contributed by atoms with Crippen LogP contribution in [0.4, 0.5) is 8.78 Å². The average molecular weight is 294 g/mol. The van der Waals surface area contributed by atoms with E-state index in [0.29, 0.717) is 23.1 Å².